The molecule has 0 bridgehead atoms. The van der Waals surface area contributed by atoms with Crippen LogP contribution in [0.1, 0.15) is 104 Å². The molecule has 2 aromatic carbocycles. The van der Waals surface area contributed by atoms with Gasteiger partial charge in [0.2, 0.25) is 47.3 Å². The quantitative estimate of drug-likeness (QED) is 0.0108. The Morgan fingerprint density at radius 2 is 1.21 bits per heavy atom. The lowest BCUT2D eigenvalue weighted by molar-refractivity contribution is -0.173. The average Bonchev–Trinajstić information content (AvgIpc) is 1.53. The van der Waals surface area contributed by atoms with Crippen LogP contribution in [0.4, 0.5) is 4.39 Å². The van der Waals surface area contributed by atoms with E-state index in [4.69, 9.17) is 52.4 Å². The highest BCUT2D eigenvalue weighted by molar-refractivity contribution is 6.12. The summed E-state index contributed by atoms with van der Waals surface area (Å²) >= 11 is 0. The van der Waals surface area contributed by atoms with Gasteiger partial charge in [0.15, 0.2) is 5.60 Å². The second-order valence-electron chi connectivity index (χ2n) is 27.6. The Morgan fingerprint density at radius 3 is 1.85 bits per heavy atom. The number of cyclic esters (lactones) is 1. The van der Waals surface area contributed by atoms with Crippen LogP contribution < -0.4 is 48.1 Å². The molecule has 35 heteroatoms. The van der Waals surface area contributed by atoms with Crippen LogP contribution in [0.3, 0.4) is 0 Å². The fourth-order valence-electron chi connectivity index (χ4n) is 12.7. The number of amides is 10. The Bertz CT molecular complexity index is 4010. The van der Waals surface area contributed by atoms with Crippen LogP contribution in [0.2, 0.25) is 0 Å². The number of imide groups is 1. The van der Waals surface area contributed by atoms with E-state index in [1.165, 1.54) is 22.8 Å². The first-order valence-electron chi connectivity index (χ1n) is 37.9. The number of rotatable bonds is 54. The molecule has 0 radical (unpaired) electrons. The van der Waals surface area contributed by atoms with Gasteiger partial charge in [-0.25, -0.2) is 14.2 Å². The predicted octanol–water partition coefficient (Wildman–Crippen LogP) is 0.108. The summed E-state index contributed by atoms with van der Waals surface area (Å²) in [5, 5.41) is 33.1. The van der Waals surface area contributed by atoms with Gasteiger partial charge >= 0.3 is 5.97 Å². The first kappa shape index (κ1) is 86.4. The molecule has 2 fully saturated rings. The predicted molar refractivity (Wildman–Crippen MR) is 396 cm³/mol. The second kappa shape index (κ2) is 44.6. The third-order valence-electron chi connectivity index (χ3n) is 19.1. The molecule has 0 saturated heterocycles. The van der Waals surface area contributed by atoms with Crippen LogP contribution in [-0.4, -0.2) is 248 Å². The van der Waals surface area contributed by atoms with Crippen molar-refractivity contribution in [3.8, 4) is 11.4 Å². The Balaban J connectivity index is 0.674. The summed E-state index contributed by atoms with van der Waals surface area (Å²) in [4.78, 5) is 164. The molecule has 4 atom stereocenters. The Hall–Kier alpha value is -9.56. The monoisotopic (exact) mass is 1570 g/mol. The molecule has 5 heterocycles. The number of methoxy groups -OCH3 is 1. The number of carbonyl (C=O) groups is 11. The highest BCUT2D eigenvalue weighted by Crippen LogP contribution is 2.46. The number of aryl methyl sites for hydroxylation is 1. The summed E-state index contributed by atoms with van der Waals surface area (Å²) < 4.78 is 71.3. The van der Waals surface area contributed by atoms with Crippen LogP contribution in [0.5, 0.6) is 0 Å². The van der Waals surface area contributed by atoms with Crippen LogP contribution in [0.15, 0.2) is 65.5 Å². The van der Waals surface area contributed by atoms with Gasteiger partial charge in [0.05, 0.1) is 148 Å². The minimum atomic E-state index is -2.04. The second-order valence-corrected chi connectivity index (χ2v) is 27.6. The van der Waals surface area contributed by atoms with E-state index < -0.39 is 127 Å². The highest BCUT2D eigenvalue weighted by Gasteiger charge is 2.50. The molecule has 610 valence electrons. The van der Waals surface area contributed by atoms with Crippen LogP contribution in [0, 0.1) is 24.6 Å². The van der Waals surface area contributed by atoms with Gasteiger partial charge in [-0.3, -0.25) is 57.6 Å². The zero-order chi connectivity index (χ0) is 79.8. The molecule has 112 heavy (non-hydrogen) atoms. The van der Waals surface area contributed by atoms with E-state index in [2.05, 4.69) is 42.5 Å². The van der Waals surface area contributed by atoms with E-state index in [9.17, 15) is 62.6 Å². The molecule has 2 aromatic heterocycles. The molecule has 3 aliphatic heterocycles. The van der Waals surface area contributed by atoms with E-state index in [0.717, 1.165) is 17.7 Å². The maximum absolute atomic E-state index is 15.2. The lowest BCUT2D eigenvalue weighted by Crippen LogP contribution is -2.52. The summed E-state index contributed by atoms with van der Waals surface area (Å²) in [6.45, 7) is 4.92. The number of hydrogen-bond donors (Lipinski definition) is 9. The molecular weight excluding hydrogens is 1470 g/mol. The zero-order valence-corrected chi connectivity index (χ0v) is 63.3. The molecule has 2 saturated carbocycles. The first-order chi connectivity index (χ1) is 54.2. The largest absolute Gasteiger partial charge is 0.458 e. The smallest absolute Gasteiger partial charge is 0.343 e. The van der Waals surface area contributed by atoms with Crippen LogP contribution in [-0.2, 0) is 132 Å². The zero-order valence-electron chi connectivity index (χ0n) is 63.3. The molecular formula is C77H102FN11O23. The number of nitrogens with zero attached hydrogens (tertiary/aromatic N) is 3. The Kier molecular flexibility index (Phi) is 34.4. The molecule has 9 rings (SSSR count). The van der Waals surface area contributed by atoms with Gasteiger partial charge in [-0.15, -0.1) is 0 Å². The number of hydrogen-bond acceptors (Lipinski definition) is 24. The van der Waals surface area contributed by atoms with Gasteiger partial charge in [0.1, 0.15) is 37.3 Å². The number of aliphatic hydroxyl groups is 1. The minimum absolute atomic E-state index is 0.000350. The van der Waals surface area contributed by atoms with Gasteiger partial charge < -0.3 is 99.6 Å². The van der Waals surface area contributed by atoms with Gasteiger partial charge in [-0.1, -0.05) is 49.6 Å². The SMILES string of the molecule is COCCOCCOCCOCCOCCOCCOCCOCCNC(=O)[C@H](CCC(=O)NCC(=O)NCC(=O)N[C@@H](Cc1ccccc1)C(=O)NCC(=O)NCO[C@@H](C(=O)NCc1c2c(nc3cc(F)c(C)cc13)-c1cc3c(c(=O)n1C2)COC(=O)[C@]3(O)CC1CC1)C1CC1)NC(=O)CCCCCN1C(=O)C=CC1=O. The van der Waals surface area contributed by atoms with Crippen molar-refractivity contribution >= 4 is 75.9 Å². The summed E-state index contributed by atoms with van der Waals surface area (Å²) in [7, 11) is 1.61. The number of carbonyl (C=O) groups excluding carboxylic acids is 11. The summed E-state index contributed by atoms with van der Waals surface area (Å²) in [6, 6.07) is 10.7. The fourth-order valence-corrected chi connectivity index (χ4v) is 12.7. The molecule has 0 unspecified atom stereocenters. The molecule has 9 N–H and O–H groups in total. The fraction of sp³-hybridized carbons (Fsp3) is 0.571. The lowest BCUT2D eigenvalue weighted by atomic mass is 9.84. The van der Waals surface area contributed by atoms with Crippen molar-refractivity contribution in [2.24, 2.45) is 11.8 Å². The molecule has 5 aliphatic rings. The molecule has 34 nitrogen and oxygen atoms in total. The van der Waals surface area contributed by atoms with Gasteiger partial charge in [0.25, 0.3) is 17.4 Å². The average molecular weight is 1570 g/mol. The van der Waals surface area contributed by atoms with Crippen molar-refractivity contribution in [3.05, 3.63) is 110 Å². The van der Waals surface area contributed by atoms with Crippen molar-refractivity contribution in [2.45, 2.75) is 127 Å². The third kappa shape index (κ3) is 26.8. The van der Waals surface area contributed by atoms with Crippen LogP contribution >= 0.6 is 0 Å². The standard InChI is InChI=1S/C77H102FN11O23/c1-49-37-53-54(55-46-89-62(70(55)87-60(53)40-58(49)78)39-57-56(75(89)100)47-111-76(101)77(57,102)41-51-12-13-51)42-82-74(99)71(52-14-15-52)112-48-84-66(93)44-83-73(98)61(38-50-9-5-3-6-10-50)86-67(94)45-81-65(92)43-80-63(90)17-16-59(85-64(91)11-7-4-8-21-88-68(95)18-19-69(88)96)72(97)79-20-22-104-25-26-106-29-30-108-33-34-110-36-35-109-32-31-107-28-27-105-24-23-103-2/h3,5-6,9-10,18-19,37,39-40,51-52,59,61,71,102H,4,7-8,11-17,20-36,38,41-48H2,1-2H3,(H,79,97)(H,80,90)(H,81,92)(H,82,99)(H,83,98)(H,84,93)(H,85,91)(H,86,94)/t59-,61-,71+,77-/m0/s1. The molecule has 2 aliphatic carbocycles. The number of aromatic nitrogens is 2. The van der Waals surface area contributed by atoms with E-state index in [1.807, 2.05) is 0 Å². The first-order valence-corrected chi connectivity index (χ1v) is 37.9. The normalized spacial score (nSPS) is 16.2. The number of unbranched alkanes of at least 4 members (excludes halogenated alkanes) is 2. The number of esters is 1. The number of nitrogens with one attached hydrogen (secondary N) is 8. The van der Waals surface area contributed by atoms with E-state index >= 15 is 4.39 Å². The Morgan fingerprint density at radius 1 is 0.625 bits per heavy atom. The number of halogens is 1. The van der Waals surface area contributed by atoms with Crippen LogP contribution in [0.25, 0.3) is 22.3 Å². The van der Waals surface area contributed by atoms with E-state index in [-0.39, 0.29) is 113 Å². The number of fused-ring (bicyclic) bond motifs is 5. The van der Waals surface area contributed by atoms with Crippen molar-refractivity contribution in [1.29, 1.82) is 0 Å². The summed E-state index contributed by atoms with van der Waals surface area (Å²) in [6.07, 6.45) is 5.20. The highest BCUT2D eigenvalue weighted by atomic mass is 19.1. The lowest BCUT2D eigenvalue weighted by Gasteiger charge is -2.32. The van der Waals surface area contributed by atoms with Crippen molar-refractivity contribution in [2.75, 3.05) is 146 Å². The summed E-state index contributed by atoms with van der Waals surface area (Å²) in [5.41, 5.74) is 0.781. The third-order valence-corrected chi connectivity index (χ3v) is 19.1. The minimum Gasteiger partial charge on any atom is -0.458 e. The van der Waals surface area contributed by atoms with Crippen molar-refractivity contribution in [1.82, 2.24) is 57.0 Å². The Labute approximate surface area is 646 Å². The number of ether oxygens (including phenoxy) is 10. The molecule has 10 amide bonds. The van der Waals surface area contributed by atoms with E-state index in [1.54, 1.807) is 56.5 Å². The van der Waals surface area contributed by atoms with Crippen molar-refractivity contribution < 1.29 is 110 Å². The number of benzene rings is 2. The van der Waals surface area contributed by atoms with Gasteiger partial charge in [-0.05, 0) is 86.1 Å². The topological polar surface area (TPSA) is 435 Å². The maximum Gasteiger partial charge on any atom is 0.343 e. The summed E-state index contributed by atoms with van der Waals surface area (Å²) in [5.74, 6) is -7.59. The number of pyridine rings is 2. The molecule has 0 spiro atoms. The van der Waals surface area contributed by atoms with E-state index in [0.29, 0.717) is 150 Å². The molecule has 4 aromatic rings. The maximum atomic E-state index is 15.2. The van der Waals surface area contributed by atoms with Gasteiger partial charge in [-0.2, -0.15) is 0 Å². The van der Waals surface area contributed by atoms with Gasteiger partial charge in [0, 0.05) is 80.7 Å². The van der Waals surface area contributed by atoms with Crippen molar-refractivity contribution in [3.63, 3.8) is 0 Å².